The molecule has 0 amide bonds. The summed E-state index contributed by atoms with van der Waals surface area (Å²) < 4.78 is 135. The number of rotatable bonds is 2. The molecular formula is C22H34F8O6S2. The molecule has 6 atom stereocenters. The van der Waals surface area contributed by atoms with Crippen LogP contribution in [0, 0.1) is 46.3 Å². The van der Waals surface area contributed by atoms with Crippen LogP contribution in [-0.2, 0) is 21.1 Å². The second-order valence-electron chi connectivity index (χ2n) is 11.2. The monoisotopic (exact) mass is 610 g/mol. The molecule has 0 spiro atoms. The highest BCUT2D eigenvalue weighted by atomic mass is 32.3. The van der Waals surface area contributed by atoms with Crippen molar-refractivity contribution in [2.75, 3.05) is 6.67 Å². The van der Waals surface area contributed by atoms with Crippen LogP contribution in [0.3, 0.4) is 0 Å². The second kappa shape index (κ2) is 13.4. The Morgan fingerprint density at radius 2 is 1.26 bits per heavy atom. The molecule has 4 bridgehead atoms. The van der Waals surface area contributed by atoms with Gasteiger partial charge in [0.1, 0.15) is 5.57 Å². The summed E-state index contributed by atoms with van der Waals surface area (Å²) in [5, 5.41) is 0. The van der Waals surface area contributed by atoms with E-state index in [1.165, 1.54) is 12.8 Å². The predicted octanol–water partition coefficient (Wildman–Crippen LogP) is 6.71. The van der Waals surface area contributed by atoms with E-state index in [0.29, 0.717) is 23.7 Å². The van der Waals surface area contributed by atoms with Crippen molar-refractivity contribution in [1.82, 2.24) is 0 Å². The molecule has 0 radical (unpaired) electrons. The molecule has 4 rings (SSSR count). The van der Waals surface area contributed by atoms with Crippen LogP contribution in [0.4, 0.5) is 34.9 Å². The van der Waals surface area contributed by atoms with Crippen LogP contribution in [0.15, 0.2) is 11.7 Å². The largest absolute Gasteiger partial charge is 0.435 e. The fourth-order valence-electron chi connectivity index (χ4n) is 7.21. The van der Waals surface area contributed by atoms with E-state index in [1.54, 1.807) is 0 Å². The van der Waals surface area contributed by atoms with Crippen LogP contribution in [0.5, 0.6) is 0 Å². The van der Waals surface area contributed by atoms with E-state index < -0.39 is 44.9 Å². The lowest BCUT2D eigenvalue weighted by Crippen LogP contribution is -2.27. The Morgan fingerprint density at radius 1 is 0.895 bits per heavy atom. The Labute approximate surface area is 218 Å². The maximum Gasteiger partial charge on any atom is 0.435 e. The predicted molar refractivity (Wildman–Crippen MR) is 122 cm³/mol. The van der Waals surface area contributed by atoms with Gasteiger partial charge in [0.25, 0.3) is 6.08 Å². The molecule has 4 aliphatic rings. The normalized spacial score (nSPS) is 31.4. The minimum absolute atomic E-state index is 0. The maximum absolute atomic E-state index is 12.7. The molecule has 0 heterocycles. The van der Waals surface area contributed by atoms with Crippen molar-refractivity contribution in [2.45, 2.75) is 72.4 Å². The van der Waals surface area contributed by atoms with Gasteiger partial charge in [-0.1, -0.05) is 31.6 Å². The van der Waals surface area contributed by atoms with E-state index in [1.807, 2.05) is 13.8 Å². The van der Waals surface area contributed by atoms with E-state index in [-0.39, 0.29) is 35.1 Å². The number of hydrogen-bond donors (Lipinski definition) is 1. The minimum Gasteiger partial charge on any atom is -0.269 e. The minimum atomic E-state index is -5.17. The molecule has 226 valence electrons. The van der Waals surface area contributed by atoms with E-state index in [0.717, 1.165) is 18.8 Å². The average molecular weight is 611 g/mol. The van der Waals surface area contributed by atoms with Crippen molar-refractivity contribution in [3.8, 4) is 0 Å². The second-order valence-corrected chi connectivity index (χ2v) is 12.4. The van der Waals surface area contributed by atoms with Crippen LogP contribution in [0.25, 0.3) is 0 Å². The fraction of sp³-hybridized carbons (Fsp3) is 0.909. The average Bonchev–Trinajstić information content (AvgIpc) is 3.30. The van der Waals surface area contributed by atoms with Gasteiger partial charge in [0.15, 0.2) is 0 Å². The van der Waals surface area contributed by atoms with E-state index in [2.05, 4.69) is 13.8 Å². The van der Waals surface area contributed by atoms with Gasteiger partial charge in [-0.15, -0.1) is 12.6 Å². The lowest BCUT2D eigenvalue weighted by atomic mass is 9.78. The molecule has 0 aromatic rings. The van der Waals surface area contributed by atoms with Gasteiger partial charge in [-0.05, 0) is 84.9 Å². The molecule has 0 aromatic carbocycles. The molecule has 4 saturated carbocycles. The summed E-state index contributed by atoms with van der Waals surface area (Å²) in [5.74, 6) is 0.808. The summed E-state index contributed by atoms with van der Waals surface area (Å²) >= 11 is 0. The summed E-state index contributed by atoms with van der Waals surface area (Å²) in [6, 6.07) is 0. The SMILES string of the molecule is CC1(C)C2CCC1C(C(=C(F)F)C(F)(F)F)C2.CC1(C)C2CCC1C(CF)C2.F.O=S(=O)(O)F.O=S(=O)=O. The van der Waals surface area contributed by atoms with Gasteiger partial charge >= 0.3 is 27.3 Å². The van der Waals surface area contributed by atoms with Gasteiger partial charge in [-0.2, -0.15) is 30.4 Å². The van der Waals surface area contributed by atoms with Crippen molar-refractivity contribution >= 4 is 21.1 Å². The number of fused-ring (bicyclic) bond motifs is 4. The van der Waals surface area contributed by atoms with E-state index >= 15 is 0 Å². The lowest BCUT2D eigenvalue weighted by Gasteiger charge is -2.28. The van der Waals surface area contributed by atoms with Crippen LogP contribution in [0.1, 0.15) is 66.2 Å². The lowest BCUT2D eigenvalue weighted by molar-refractivity contribution is -0.106. The van der Waals surface area contributed by atoms with Crippen LogP contribution >= 0.6 is 0 Å². The summed E-state index contributed by atoms with van der Waals surface area (Å²) in [7, 11) is -8.28. The van der Waals surface area contributed by atoms with Crippen LogP contribution < -0.4 is 0 Å². The first-order valence-electron chi connectivity index (χ1n) is 11.7. The standard InChI is InChI=1S/C12H15F5.C10H17F.FHO3S.FH.O3S/c1-11(2)6-3-4-8(11)7(5-6)9(10(13)14)12(15,16)17;1-10(2)8-3-4-9(10)7(5-8)6-11;1-5(2,3)4;;1-4(2)3/h6-8H,3-5H2,1-2H3;7-9H,3-6H2,1-2H3;(H,2,3,4);1H;. The molecule has 1 N–H and O–H groups in total. The Hall–Kier alpha value is -1.29. The molecule has 6 nitrogen and oxygen atoms in total. The zero-order valence-corrected chi connectivity index (χ0v) is 22.9. The Morgan fingerprint density at radius 3 is 1.45 bits per heavy atom. The zero-order valence-electron chi connectivity index (χ0n) is 21.3. The first-order valence-corrected chi connectivity index (χ1v) is 14.0. The highest BCUT2D eigenvalue weighted by Crippen LogP contribution is 2.64. The summed E-state index contributed by atoms with van der Waals surface area (Å²) in [6.07, 6.45) is -1.89. The van der Waals surface area contributed by atoms with E-state index in [4.69, 9.17) is 25.6 Å². The Balaban J connectivity index is 0.000000559. The highest BCUT2D eigenvalue weighted by Gasteiger charge is 2.58. The van der Waals surface area contributed by atoms with Crippen molar-refractivity contribution < 1.29 is 60.5 Å². The van der Waals surface area contributed by atoms with Crippen molar-refractivity contribution in [3.63, 3.8) is 0 Å². The first-order chi connectivity index (χ1) is 16.5. The van der Waals surface area contributed by atoms with Gasteiger partial charge < -0.3 is 0 Å². The third-order valence-electron chi connectivity index (χ3n) is 8.93. The van der Waals surface area contributed by atoms with E-state index in [9.17, 15) is 30.2 Å². The topological polar surface area (TPSA) is 106 Å². The number of hydrogen-bond acceptors (Lipinski definition) is 5. The molecule has 38 heavy (non-hydrogen) atoms. The summed E-state index contributed by atoms with van der Waals surface area (Å²) in [5.41, 5.74) is -1.36. The van der Waals surface area contributed by atoms with Crippen LogP contribution in [0.2, 0.25) is 0 Å². The van der Waals surface area contributed by atoms with Gasteiger partial charge in [0, 0.05) is 0 Å². The van der Waals surface area contributed by atoms with Crippen molar-refractivity contribution in [1.29, 1.82) is 0 Å². The highest BCUT2D eigenvalue weighted by molar-refractivity contribution is 7.80. The molecule has 4 aliphatic carbocycles. The summed E-state index contributed by atoms with van der Waals surface area (Å²) in [6.45, 7) is 8.37. The molecule has 0 saturated heterocycles. The molecule has 0 aromatic heterocycles. The maximum atomic E-state index is 12.7. The smallest absolute Gasteiger partial charge is 0.269 e. The fourth-order valence-corrected chi connectivity index (χ4v) is 7.21. The number of alkyl halides is 4. The number of halogens is 8. The number of allylic oxidation sites excluding steroid dienone is 1. The Bertz CT molecular complexity index is 1020. The molecule has 16 heteroatoms. The zero-order chi connectivity index (χ0) is 29.1. The summed E-state index contributed by atoms with van der Waals surface area (Å²) in [4.78, 5) is 0. The third-order valence-corrected chi connectivity index (χ3v) is 8.93. The molecule has 6 unspecified atom stereocenters. The molecule has 4 fully saturated rings. The quantitative estimate of drug-likeness (QED) is 0.212. The van der Waals surface area contributed by atoms with Gasteiger partial charge in [0.2, 0.25) is 0 Å². The van der Waals surface area contributed by atoms with Gasteiger partial charge in [-0.3, -0.25) is 13.6 Å². The Kier molecular flexibility index (Phi) is 12.9. The molecule has 0 aliphatic heterocycles. The van der Waals surface area contributed by atoms with Crippen molar-refractivity contribution in [2.24, 2.45) is 46.3 Å². The third kappa shape index (κ3) is 9.42. The first kappa shape index (κ1) is 36.7. The van der Waals surface area contributed by atoms with Gasteiger partial charge in [0.05, 0.1) is 6.67 Å². The van der Waals surface area contributed by atoms with Crippen molar-refractivity contribution in [3.05, 3.63) is 11.7 Å². The van der Waals surface area contributed by atoms with Crippen LogP contribution in [-0.4, -0.2) is 38.4 Å². The molecular weight excluding hydrogens is 576 g/mol. The van der Waals surface area contributed by atoms with Gasteiger partial charge in [-0.25, -0.2) is 0 Å².